The standard InChI is InChI=1S/C17H19N3O2/c18-14-7-6-12-8-20(9-13(12)14)17(21)15-10-22-16(19-15)11-4-2-1-3-5-11/h1-5,10,12-14H,6-9,18H2. The van der Waals surface area contributed by atoms with E-state index in [1.807, 2.05) is 35.2 Å². The lowest BCUT2D eigenvalue weighted by molar-refractivity contribution is 0.0774. The van der Waals surface area contributed by atoms with E-state index in [9.17, 15) is 4.79 Å². The van der Waals surface area contributed by atoms with Crippen LogP contribution < -0.4 is 5.73 Å². The Kier molecular flexibility index (Phi) is 3.22. The third kappa shape index (κ3) is 2.22. The lowest BCUT2D eigenvalue weighted by atomic mass is 9.98. The zero-order valence-corrected chi connectivity index (χ0v) is 12.3. The van der Waals surface area contributed by atoms with Crippen molar-refractivity contribution in [1.82, 2.24) is 9.88 Å². The van der Waals surface area contributed by atoms with E-state index < -0.39 is 0 Å². The Morgan fingerprint density at radius 3 is 2.82 bits per heavy atom. The van der Waals surface area contributed by atoms with Crippen molar-refractivity contribution < 1.29 is 9.21 Å². The molecule has 1 saturated carbocycles. The first-order valence-electron chi connectivity index (χ1n) is 7.78. The fourth-order valence-electron chi connectivity index (χ4n) is 3.72. The summed E-state index contributed by atoms with van der Waals surface area (Å²) in [6, 6.07) is 9.84. The Bertz CT molecular complexity index is 682. The van der Waals surface area contributed by atoms with Crippen LogP contribution in [0.25, 0.3) is 11.5 Å². The van der Waals surface area contributed by atoms with Crippen molar-refractivity contribution >= 4 is 5.91 Å². The minimum Gasteiger partial charge on any atom is -0.444 e. The first-order valence-corrected chi connectivity index (χ1v) is 7.78. The molecule has 2 aromatic rings. The molecule has 2 heterocycles. The second-order valence-corrected chi connectivity index (χ2v) is 6.28. The van der Waals surface area contributed by atoms with E-state index in [4.69, 9.17) is 10.2 Å². The van der Waals surface area contributed by atoms with Gasteiger partial charge >= 0.3 is 0 Å². The van der Waals surface area contributed by atoms with E-state index in [0.29, 0.717) is 23.4 Å². The Morgan fingerprint density at radius 1 is 1.23 bits per heavy atom. The van der Waals surface area contributed by atoms with Gasteiger partial charge in [-0.3, -0.25) is 4.79 Å². The predicted octanol–water partition coefficient (Wildman–Crippen LogP) is 2.15. The highest BCUT2D eigenvalue weighted by Gasteiger charge is 2.43. The van der Waals surface area contributed by atoms with Gasteiger partial charge in [-0.15, -0.1) is 0 Å². The van der Waals surface area contributed by atoms with Gasteiger partial charge in [0.05, 0.1) is 0 Å². The van der Waals surface area contributed by atoms with Gasteiger partial charge in [0.2, 0.25) is 5.89 Å². The highest BCUT2D eigenvalue weighted by molar-refractivity contribution is 5.92. The first kappa shape index (κ1) is 13.5. The van der Waals surface area contributed by atoms with Crippen molar-refractivity contribution in [2.45, 2.75) is 18.9 Å². The van der Waals surface area contributed by atoms with Crippen molar-refractivity contribution in [3.8, 4) is 11.5 Å². The number of aromatic nitrogens is 1. The van der Waals surface area contributed by atoms with Gasteiger partial charge in [0.1, 0.15) is 6.26 Å². The normalized spacial score (nSPS) is 27.1. The monoisotopic (exact) mass is 297 g/mol. The maximum absolute atomic E-state index is 12.6. The molecule has 22 heavy (non-hydrogen) atoms. The summed E-state index contributed by atoms with van der Waals surface area (Å²) < 4.78 is 5.46. The molecule has 2 fully saturated rings. The number of fused-ring (bicyclic) bond motifs is 1. The molecule has 5 heteroatoms. The van der Waals surface area contributed by atoms with Crippen LogP contribution in [0.4, 0.5) is 0 Å². The van der Waals surface area contributed by atoms with Gasteiger partial charge in [-0.2, -0.15) is 0 Å². The molecular weight excluding hydrogens is 278 g/mol. The van der Waals surface area contributed by atoms with Gasteiger partial charge in [-0.1, -0.05) is 18.2 Å². The van der Waals surface area contributed by atoms with E-state index in [-0.39, 0.29) is 11.9 Å². The third-order valence-electron chi connectivity index (χ3n) is 4.94. The van der Waals surface area contributed by atoms with Crippen LogP contribution >= 0.6 is 0 Å². The number of likely N-dealkylation sites (tertiary alicyclic amines) is 1. The van der Waals surface area contributed by atoms with Crippen LogP contribution in [0.1, 0.15) is 23.3 Å². The van der Waals surface area contributed by atoms with Gasteiger partial charge < -0.3 is 15.1 Å². The van der Waals surface area contributed by atoms with Crippen LogP contribution in [-0.4, -0.2) is 34.9 Å². The second kappa shape index (κ2) is 5.25. The van der Waals surface area contributed by atoms with Crippen molar-refractivity contribution in [3.63, 3.8) is 0 Å². The number of carbonyl (C=O) groups is 1. The van der Waals surface area contributed by atoms with E-state index in [0.717, 1.165) is 31.5 Å². The number of carbonyl (C=O) groups excluding carboxylic acids is 1. The summed E-state index contributed by atoms with van der Waals surface area (Å²) in [6.07, 6.45) is 3.67. The van der Waals surface area contributed by atoms with Gasteiger partial charge in [0.15, 0.2) is 5.69 Å². The smallest absolute Gasteiger partial charge is 0.275 e. The molecule has 1 aliphatic heterocycles. The van der Waals surface area contributed by atoms with Crippen molar-refractivity contribution in [1.29, 1.82) is 0 Å². The van der Waals surface area contributed by atoms with Crippen LogP contribution in [0, 0.1) is 11.8 Å². The molecule has 0 radical (unpaired) electrons. The number of benzene rings is 1. The number of hydrogen-bond donors (Lipinski definition) is 1. The number of rotatable bonds is 2. The van der Waals surface area contributed by atoms with Crippen LogP contribution in [0.15, 0.2) is 41.0 Å². The molecule has 0 spiro atoms. The summed E-state index contributed by atoms with van der Waals surface area (Å²) in [5, 5.41) is 0. The molecule has 1 amide bonds. The molecule has 4 rings (SSSR count). The Hall–Kier alpha value is -2.14. The molecule has 1 aromatic carbocycles. The topological polar surface area (TPSA) is 72.4 Å². The maximum Gasteiger partial charge on any atom is 0.275 e. The summed E-state index contributed by atoms with van der Waals surface area (Å²) in [7, 11) is 0. The number of nitrogens with zero attached hydrogens (tertiary/aromatic N) is 2. The van der Waals surface area contributed by atoms with Gasteiger partial charge in [-0.25, -0.2) is 4.98 Å². The Morgan fingerprint density at radius 2 is 2.05 bits per heavy atom. The molecular formula is C17H19N3O2. The summed E-state index contributed by atoms with van der Waals surface area (Å²) in [5.74, 6) is 1.44. The van der Waals surface area contributed by atoms with Crippen LogP contribution in [0.5, 0.6) is 0 Å². The number of hydrogen-bond acceptors (Lipinski definition) is 4. The number of amides is 1. The number of nitrogens with two attached hydrogens (primary N) is 1. The molecule has 1 aliphatic carbocycles. The number of oxazole rings is 1. The van der Waals surface area contributed by atoms with E-state index in [1.165, 1.54) is 6.26 Å². The van der Waals surface area contributed by atoms with Gasteiger partial charge in [0.25, 0.3) is 5.91 Å². The minimum atomic E-state index is -0.0486. The van der Waals surface area contributed by atoms with Crippen LogP contribution in [0.2, 0.25) is 0 Å². The van der Waals surface area contributed by atoms with Crippen molar-refractivity contribution in [2.75, 3.05) is 13.1 Å². The molecule has 5 nitrogen and oxygen atoms in total. The summed E-state index contributed by atoms with van der Waals surface area (Å²) in [6.45, 7) is 1.54. The molecule has 1 aromatic heterocycles. The highest BCUT2D eigenvalue weighted by Crippen LogP contribution is 2.37. The van der Waals surface area contributed by atoms with Crippen LogP contribution in [0.3, 0.4) is 0 Å². The molecule has 3 atom stereocenters. The molecule has 2 aliphatic rings. The quantitative estimate of drug-likeness (QED) is 0.922. The third-order valence-corrected chi connectivity index (χ3v) is 4.94. The van der Waals surface area contributed by atoms with Crippen molar-refractivity contribution in [2.24, 2.45) is 17.6 Å². The van der Waals surface area contributed by atoms with Crippen molar-refractivity contribution in [3.05, 3.63) is 42.3 Å². The lowest BCUT2D eigenvalue weighted by Gasteiger charge is -2.17. The Labute approximate surface area is 129 Å². The van der Waals surface area contributed by atoms with Gasteiger partial charge in [-0.05, 0) is 36.8 Å². The summed E-state index contributed by atoms with van der Waals surface area (Å²) >= 11 is 0. The maximum atomic E-state index is 12.6. The molecule has 114 valence electrons. The van der Waals surface area contributed by atoms with Crippen LogP contribution in [-0.2, 0) is 0 Å². The van der Waals surface area contributed by atoms with Gasteiger partial charge in [0, 0.05) is 24.7 Å². The predicted molar refractivity (Wildman–Crippen MR) is 82.0 cm³/mol. The minimum absolute atomic E-state index is 0.0486. The fourth-order valence-corrected chi connectivity index (χ4v) is 3.72. The highest BCUT2D eigenvalue weighted by atomic mass is 16.3. The molecule has 3 unspecified atom stereocenters. The van der Waals surface area contributed by atoms with E-state index in [1.54, 1.807) is 0 Å². The Balaban J connectivity index is 1.51. The average molecular weight is 297 g/mol. The lowest BCUT2D eigenvalue weighted by Crippen LogP contribution is -2.33. The summed E-state index contributed by atoms with van der Waals surface area (Å²) in [5.41, 5.74) is 7.39. The first-order chi connectivity index (χ1) is 10.7. The fraction of sp³-hybridized carbons (Fsp3) is 0.412. The largest absolute Gasteiger partial charge is 0.444 e. The summed E-state index contributed by atoms with van der Waals surface area (Å²) in [4.78, 5) is 18.8. The molecule has 2 N–H and O–H groups in total. The van der Waals surface area contributed by atoms with E-state index in [2.05, 4.69) is 4.98 Å². The zero-order chi connectivity index (χ0) is 15.1. The molecule has 1 saturated heterocycles. The second-order valence-electron chi connectivity index (χ2n) is 6.28. The molecule has 0 bridgehead atoms. The average Bonchev–Trinajstić information content (AvgIpc) is 3.25. The zero-order valence-electron chi connectivity index (χ0n) is 12.3. The SMILES string of the molecule is NC1CCC2CN(C(=O)c3coc(-c4ccccc4)n3)CC12. The van der Waals surface area contributed by atoms with E-state index >= 15 is 0 Å².